The maximum Gasteiger partial charge on any atom is 1.00 e. The first-order chi connectivity index (χ1) is 28.6. The summed E-state index contributed by atoms with van der Waals surface area (Å²) in [4.78, 5) is 18.0. The number of aliphatic carboxylic acids is 1. The maximum absolute atomic E-state index is 12.8. The maximum atomic E-state index is 12.8. The molecule has 0 bridgehead atoms. The minimum atomic E-state index is -0.577. The number of unbranched alkanes of at least 4 members (excludes halogenated alkanes) is 37. The fraction of sp³-hybridized carbons (Fsp3) is 0.964. The van der Waals surface area contributed by atoms with Gasteiger partial charge in [-0.1, -0.05) is 265 Å². The number of carbonyl (C=O) groups is 1. The van der Waals surface area contributed by atoms with Gasteiger partial charge in [0.05, 0.1) is 0 Å². The third-order valence-electron chi connectivity index (χ3n) is 13.2. The van der Waals surface area contributed by atoms with Crippen molar-refractivity contribution >= 4 is 5.97 Å². The van der Waals surface area contributed by atoms with E-state index in [0.717, 1.165) is 51.7 Å². The van der Waals surface area contributed by atoms with Gasteiger partial charge in [0.15, 0.2) is 0 Å². The number of rotatable bonds is 51. The summed E-state index contributed by atoms with van der Waals surface area (Å²) in [5.74, 6) is -0.577. The first kappa shape index (κ1) is 65.3. The van der Waals surface area contributed by atoms with Gasteiger partial charge in [-0.3, -0.25) is 9.69 Å². The Kier molecular flexibility index (Phi) is 61.1. The normalized spacial score (nSPS) is 12.0. The van der Waals surface area contributed by atoms with Crippen LogP contribution < -0.4 is 51.4 Å². The van der Waals surface area contributed by atoms with E-state index >= 15 is 0 Å². The smallest absolute Gasteiger partial charge is 0.480 e. The van der Waals surface area contributed by atoms with E-state index in [2.05, 4.69) is 37.5 Å². The molecule has 0 saturated carbocycles. The second-order valence-corrected chi connectivity index (χ2v) is 19.0. The van der Waals surface area contributed by atoms with Gasteiger partial charge in [-0.15, -0.1) is 0 Å². The van der Waals surface area contributed by atoms with Crippen molar-refractivity contribution < 1.29 is 61.3 Å². The van der Waals surface area contributed by atoms with Crippen molar-refractivity contribution in [3.05, 3.63) is 7.43 Å². The van der Waals surface area contributed by atoms with E-state index in [-0.39, 0.29) is 64.9 Å². The average molecular weight is 874 g/mol. The van der Waals surface area contributed by atoms with Crippen LogP contribution in [0.4, 0.5) is 0 Å². The van der Waals surface area contributed by atoms with Crippen LogP contribution in [0.2, 0.25) is 0 Å². The zero-order valence-corrected chi connectivity index (χ0v) is 45.9. The molecule has 0 aliphatic rings. The zero-order chi connectivity index (χ0) is 42.3. The fourth-order valence-electron chi connectivity index (χ4n) is 9.14. The van der Waals surface area contributed by atoms with Crippen LogP contribution in [0.15, 0.2) is 0 Å². The Morgan fingerprint density at radius 2 is 0.533 bits per heavy atom. The fourth-order valence-corrected chi connectivity index (χ4v) is 9.14. The van der Waals surface area contributed by atoms with Crippen LogP contribution >= 0.6 is 0 Å². The zero-order valence-electron chi connectivity index (χ0n) is 42.8. The summed E-state index contributed by atoms with van der Waals surface area (Å²) in [6, 6.07) is -0.311. The number of carboxylic acids is 1. The Morgan fingerprint density at radius 1 is 0.333 bits per heavy atom. The quantitative estimate of drug-likeness (QED) is 0.0376. The summed E-state index contributed by atoms with van der Waals surface area (Å²) >= 11 is 0. The molecular weight excluding hydrogens is 760 g/mol. The van der Waals surface area contributed by atoms with Gasteiger partial charge < -0.3 is 17.4 Å². The van der Waals surface area contributed by atoms with E-state index in [1.807, 2.05) is 0 Å². The van der Waals surface area contributed by atoms with Gasteiger partial charge in [0.1, 0.15) is 6.04 Å². The Bertz CT molecular complexity index is 734. The van der Waals surface area contributed by atoms with Gasteiger partial charge in [0.25, 0.3) is 0 Å². The summed E-state index contributed by atoms with van der Waals surface area (Å²) in [5, 5.41) is 10.5. The van der Waals surface area contributed by atoms with Gasteiger partial charge >= 0.3 is 57.4 Å². The largest absolute Gasteiger partial charge is 1.00 e. The third kappa shape index (κ3) is 48.5. The van der Waals surface area contributed by atoms with Crippen LogP contribution in [0.1, 0.15) is 304 Å². The number of hydrogen-bond acceptors (Lipinski definition) is 3. The number of nitrogens with zero attached hydrogens (tertiary/aromatic N) is 2. The molecule has 0 aliphatic heterocycles. The van der Waals surface area contributed by atoms with E-state index < -0.39 is 5.97 Å². The summed E-state index contributed by atoms with van der Waals surface area (Å²) in [7, 11) is 0. The molecule has 0 radical (unpaired) electrons. The second-order valence-electron chi connectivity index (χ2n) is 19.0. The van der Waals surface area contributed by atoms with E-state index in [4.69, 9.17) is 0 Å². The predicted octanol–water partition coefficient (Wildman–Crippen LogP) is 15.4. The molecule has 0 amide bonds. The molecule has 0 aromatic carbocycles. The summed E-state index contributed by atoms with van der Waals surface area (Å²) in [6.07, 6.45) is 57.6. The molecule has 0 rings (SSSR count). The van der Waals surface area contributed by atoms with Crippen LogP contribution in [0, 0.1) is 7.43 Å². The van der Waals surface area contributed by atoms with Gasteiger partial charge in [0.2, 0.25) is 0 Å². The minimum absolute atomic E-state index is 0. The van der Waals surface area contributed by atoms with Crippen molar-refractivity contribution in [1.82, 2.24) is 9.80 Å². The Morgan fingerprint density at radius 3 is 0.767 bits per heavy atom. The molecule has 1 N–H and O–H groups in total. The third-order valence-corrected chi connectivity index (χ3v) is 13.2. The topological polar surface area (TPSA) is 43.8 Å². The summed E-state index contributed by atoms with van der Waals surface area (Å²) in [5.41, 5.74) is 0. The van der Waals surface area contributed by atoms with Crippen LogP contribution in [0.5, 0.6) is 0 Å². The Labute approximate surface area is 423 Å². The first-order valence-corrected chi connectivity index (χ1v) is 27.3. The van der Waals surface area contributed by atoms with Gasteiger partial charge in [-0.05, 0) is 71.2 Å². The van der Waals surface area contributed by atoms with Gasteiger partial charge in [-0.25, -0.2) is 0 Å². The molecule has 0 aliphatic carbocycles. The van der Waals surface area contributed by atoms with Crippen LogP contribution in [0.25, 0.3) is 0 Å². The molecule has 0 saturated heterocycles. The second kappa shape index (κ2) is 56.2. The van der Waals surface area contributed by atoms with Crippen molar-refractivity contribution in [2.24, 2.45) is 0 Å². The Hall–Kier alpha value is 1.03. The molecule has 0 spiro atoms. The minimum Gasteiger partial charge on any atom is -0.480 e. The van der Waals surface area contributed by atoms with E-state index in [0.29, 0.717) is 0 Å². The average Bonchev–Trinajstić information content (AvgIpc) is 3.22. The molecular formula is C55H113KN2O2. The monoisotopic (exact) mass is 873 g/mol. The Balaban J connectivity index is -0.0000162. The van der Waals surface area contributed by atoms with E-state index in [9.17, 15) is 9.90 Å². The molecule has 0 aromatic rings. The SMILES string of the molecule is CCCCCCCCCCCCN(CCCCCCCCCCCC)CCCCC(C(=O)O)N(CCCCCCCCCCCC)CCCCCCCCCCCC.[CH3-].[K+]. The van der Waals surface area contributed by atoms with Crippen molar-refractivity contribution in [2.45, 2.75) is 310 Å². The van der Waals surface area contributed by atoms with Gasteiger partial charge in [0, 0.05) is 0 Å². The van der Waals surface area contributed by atoms with Gasteiger partial charge in [-0.2, -0.15) is 0 Å². The molecule has 0 aromatic heterocycles. The van der Waals surface area contributed by atoms with Crippen LogP contribution in [-0.4, -0.2) is 59.6 Å². The number of carboxylic acid groups (broad SMARTS) is 1. The molecule has 5 heteroatoms. The standard InChI is InChI=1S/C54H110N2O2.CH3.K/c1-5-9-13-17-21-25-29-33-37-42-48-55(49-43-38-34-30-26-22-18-14-10-6-2)50-46-41-47-53(54(57)58)56(51-44-39-35-31-27-23-19-15-11-7-3)52-45-40-36-32-28-24-20-16-12-8-4;;/h53H,5-52H2,1-4H3,(H,57,58);1H3;/q;-1;+1. The first-order valence-electron chi connectivity index (χ1n) is 27.3. The molecule has 1 unspecified atom stereocenters. The molecule has 356 valence electrons. The molecule has 0 heterocycles. The van der Waals surface area contributed by atoms with E-state index in [1.165, 1.54) is 257 Å². The molecule has 60 heavy (non-hydrogen) atoms. The van der Waals surface area contributed by atoms with Crippen molar-refractivity contribution in [1.29, 1.82) is 0 Å². The molecule has 4 nitrogen and oxygen atoms in total. The van der Waals surface area contributed by atoms with E-state index in [1.54, 1.807) is 0 Å². The van der Waals surface area contributed by atoms with Crippen LogP contribution in [0.3, 0.4) is 0 Å². The predicted molar refractivity (Wildman–Crippen MR) is 267 cm³/mol. The molecule has 0 fully saturated rings. The summed E-state index contributed by atoms with van der Waals surface area (Å²) < 4.78 is 0. The van der Waals surface area contributed by atoms with Crippen LogP contribution in [-0.2, 0) is 4.79 Å². The molecule has 1 atom stereocenters. The van der Waals surface area contributed by atoms with Crippen molar-refractivity contribution in [3.63, 3.8) is 0 Å². The number of hydrogen-bond donors (Lipinski definition) is 1. The van der Waals surface area contributed by atoms with Crippen molar-refractivity contribution in [3.8, 4) is 0 Å². The van der Waals surface area contributed by atoms with Crippen molar-refractivity contribution in [2.75, 3.05) is 32.7 Å². The summed E-state index contributed by atoms with van der Waals surface area (Å²) in [6.45, 7) is 14.8.